The molecular formula is C12H23NO3S. The van der Waals surface area contributed by atoms with Crippen molar-refractivity contribution in [3.8, 4) is 0 Å². The molecule has 0 aliphatic heterocycles. The average molecular weight is 261 g/mol. The van der Waals surface area contributed by atoms with Crippen LogP contribution in [0.25, 0.3) is 0 Å². The van der Waals surface area contributed by atoms with E-state index in [9.17, 15) is 9.59 Å². The Hall–Kier alpha value is -0.550. The molecule has 0 bridgehead atoms. The van der Waals surface area contributed by atoms with E-state index in [1.54, 1.807) is 18.7 Å². The van der Waals surface area contributed by atoms with Gasteiger partial charge in [-0.25, -0.2) is 0 Å². The van der Waals surface area contributed by atoms with Gasteiger partial charge in [-0.05, 0) is 26.6 Å². The monoisotopic (exact) mass is 261 g/mol. The third-order valence-electron chi connectivity index (χ3n) is 2.53. The second-order valence-electron chi connectivity index (χ2n) is 3.95. The van der Waals surface area contributed by atoms with Crippen LogP contribution in [0.2, 0.25) is 0 Å². The van der Waals surface area contributed by atoms with Gasteiger partial charge in [-0.2, -0.15) is 11.8 Å². The summed E-state index contributed by atoms with van der Waals surface area (Å²) in [5, 5.41) is 0. The van der Waals surface area contributed by atoms with Crippen molar-refractivity contribution in [3.63, 3.8) is 0 Å². The molecular weight excluding hydrogens is 238 g/mol. The van der Waals surface area contributed by atoms with Gasteiger partial charge in [-0.1, -0.05) is 6.92 Å². The third kappa shape index (κ3) is 7.39. The SMILES string of the molecule is CCOC(=O)CC(=O)CN(C)C(CC)CSC. The fourth-order valence-corrected chi connectivity index (χ4v) is 2.46. The van der Waals surface area contributed by atoms with Crippen molar-refractivity contribution in [2.75, 3.05) is 32.2 Å². The van der Waals surface area contributed by atoms with Crippen LogP contribution in [-0.4, -0.2) is 54.9 Å². The van der Waals surface area contributed by atoms with E-state index in [0.717, 1.165) is 12.2 Å². The minimum Gasteiger partial charge on any atom is -0.466 e. The Morgan fingerprint density at radius 2 is 2.00 bits per heavy atom. The molecule has 17 heavy (non-hydrogen) atoms. The normalized spacial score (nSPS) is 12.5. The summed E-state index contributed by atoms with van der Waals surface area (Å²) < 4.78 is 4.75. The first kappa shape index (κ1) is 16.4. The Morgan fingerprint density at radius 1 is 1.35 bits per heavy atom. The molecule has 0 aromatic heterocycles. The zero-order valence-electron chi connectivity index (χ0n) is 11.2. The van der Waals surface area contributed by atoms with Crippen molar-refractivity contribution in [2.24, 2.45) is 0 Å². The third-order valence-corrected chi connectivity index (χ3v) is 3.24. The molecule has 0 saturated carbocycles. The molecule has 0 rings (SSSR count). The number of hydrogen-bond acceptors (Lipinski definition) is 5. The fourth-order valence-electron chi connectivity index (χ4n) is 1.59. The molecule has 0 amide bonds. The summed E-state index contributed by atoms with van der Waals surface area (Å²) in [6.07, 6.45) is 2.94. The molecule has 1 unspecified atom stereocenters. The number of carbonyl (C=O) groups is 2. The van der Waals surface area contributed by atoms with Gasteiger partial charge in [-0.15, -0.1) is 0 Å². The molecule has 0 radical (unpaired) electrons. The van der Waals surface area contributed by atoms with Gasteiger partial charge in [0.25, 0.3) is 0 Å². The molecule has 0 spiro atoms. The zero-order chi connectivity index (χ0) is 13.3. The molecule has 0 N–H and O–H groups in total. The number of likely N-dealkylation sites (N-methyl/N-ethyl adjacent to an activating group) is 1. The van der Waals surface area contributed by atoms with E-state index in [-0.39, 0.29) is 12.2 Å². The molecule has 0 fully saturated rings. The molecule has 0 aromatic rings. The molecule has 4 nitrogen and oxygen atoms in total. The number of esters is 1. The van der Waals surface area contributed by atoms with Crippen LogP contribution >= 0.6 is 11.8 Å². The van der Waals surface area contributed by atoms with E-state index in [2.05, 4.69) is 13.2 Å². The van der Waals surface area contributed by atoms with Crippen LogP contribution in [0.5, 0.6) is 0 Å². The van der Waals surface area contributed by atoms with Gasteiger partial charge in [0.2, 0.25) is 0 Å². The second kappa shape index (κ2) is 9.48. The zero-order valence-corrected chi connectivity index (χ0v) is 12.0. The molecule has 0 aromatic carbocycles. The summed E-state index contributed by atoms with van der Waals surface area (Å²) in [6, 6.07) is 0.385. The largest absolute Gasteiger partial charge is 0.466 e. The molecule has 0 aliphatic carbocycles. The van der Waals surface area contributed by atoms with Crippen molar-refractivity contribution in [1.82, 2.24) is 4.90 Å². The van der Waals surface area contributed by atoms with Crippen molar-refractivity contribution >= 4 is 23.5 Å². The van der Waals surface area contributed by atoms with Gasteiger partial charge in [-0.3, -0.25) is 14.5 Å². The van der Waals surface area contributed by atoms with Crippen LogP contribution in [0.15, 0.2) is 0 Å². The Labute approximate surface area is 108 Å². The Kier molecular flexibility index (Phi) is 9.17. The number of nitrogens with zero attached hydrogens (tertiary/aromatic N) is 1. The first-order chi connectivity index (χ1) is 8.04. The van der Waals surface area contributed by atoms with Gasteiger partial charge in [0.15, 0.2) is 5.78 Å². The van der Waals surface area contributed by atoms with Crippen LogP contribution in [0, 0.1) is 0 Å². The lowest BCUT2D eigenvalue weighted by Crippen LogP contribution is -2.37. The number of Topliss-reactive ketones (excluding diaryl/α,β-unsaturated/α-hetero) is 1. The summed E-state index contributed by atoms with van der Waals surface area (Å²) in [4.78, 5) is 24.8. The van der Waals surface area contributed by atoms with Crippen LogP contribution in [0.1, 0.15) is 26.7 Å². The van der Waals surface area contributed by atoms with Crippen molar-refractivity contribution < 1.29 is 14.3 Å². The van der Waals surface area contributed by atoms with E-state index < -0.39 is 5.97 Å². The molecule has 0 aliphatic rings. The molecule has 0 saturated heterocycles. The second-order valence-corrected chi connectivity index (χ2v) is 4.86. The lowest BCUT2D eigenvalue weighted by Gasteiger charge is -2.25. The smallest absolute Gasteiger partial charge is 0.313 e. The minimum atomic E-state index is -0.427. The van der Waals surface area contributed by atoms with Crippen molar-refractivity contribution in [2.45, 2.75) is 32.7 Å². The fraction of sp³-hybridized carbons (Fsp3) is 0.833. The minimum absolute atomic E-state index is 0.0782. The summed E-state index contributed by atoms with van der Waals surface area (Å²) in [5.74, 6) is 0.494. The van der Waals surface area contributed by atoms with Crippen LogP contribution in [-0.2, 0) is 14.3 Å². The van der Waals surface area contributed by atoms with E-state index in [1.165, 1.54) is 0 Å². The number of carbonyl (C=O) groups excluding carboxylic acids is 2. The Balaban J connectivity index is 4.05. The number of rotatable bonds is 9. The summed E-state index contributed by atoms with van der Waals surface area (Å²) in [6.45, 7) is 4.48. The lowest BCUT2D eigenvalue weighted by atomic mass is 10.2. The highest BCUT2D eigenvalue weighted by Gasteiger charge is 2.17. The number of hydrogen-bond donors (Lipinski definition) is 0. The summed E-state index contributed by atoms with van der Waals surface area (Å²) >= 11 is 1.77. The first-order valence-electron chi connectivity index (χ1n) is 5.91. The predicted octanol–water partition coefficient (Wildman–Crippen LogP) is 1.58. The predicted molar refractivity (Wildman–Crippen MR) is 71.3 cm³/mol. The summed E-state index contributed by atoms with van der Waals surface area (Å²) in [5.41, 5.74) is 0. The number of ether oxygens (including phenoxy) is 1. The van der Waals surface area contributed by atoms with E-state index >= 15 is 0 Å². The highest BCUT2D eigenvalue weighted by molar-refractivity contribution is 7.98. The standard InChI is InChI=1S/C12H23NO3S/c1-5-10(9-17-4)13(3)8-11(14)7-12(15)16-6-2/h10H,5-9H2,1-4H3. The van der Waals surface area contributed by atoms with Crippen molar-refractivity contribution in [3.05, 3.63) is 0 Å². The maximum absolute atomic E-state index is 11.6. The molecule has 0 heterocycles. The van der Waals surface area contributed by atoms with Gasteiger partial charge < -0.3 is 4.74 Å². The van der Waals surface area contributed by atoms with Crippen LogP contribution in [0.3, 0.4) is 0 Å². The first-order valence-corrected chi connectivity index (χ1v) is 7.30. The van der Waals surface area contributed by atoms with Gasteiger partial charge in [0.05, 0.1) is 13.2 Å². The van der Waals surface area contributed by atoms with Gasteiger partial charge in [0, 0.05) is 11.8 Å². The highest BCUT2D eigenvalue weighted by Crippen LogP contribution is 2.08. The van der Waals surface area contributed by atoms with E-state index in [0.29, 0.717) is 19.2 Å². The van der Waals surface area contributed by atoms with Crippen molar-refractivity contribution in [1.29, 1.82) is 0 Å². The maximum Gasteiger partial charge on any atom is 0.313 e. The van der Waals surface area contributed by atoms with Crippen LogP contribution < -0.4 is 0 Å². The van der Waals surface area contributed by atoms with E-state index in [1.807, 2.05) is 11.9 Å². The quantitative estimate of drug-likeness (QED) is 0.466. The summed E-state index contributed by atoms with van der Waals surface area (Å²) in [7, 11) is 1.92. The number of thioether (sulfide) groups is 1. The topological polar surface area (TPSA) is 46.6 Å². The van der Waals surface area contributed by atoms with Gasteiger partial charge in [0.1, 0.15) is 6.42 Å². The lowest BCUT2D eigenvalue weighted by molar-refractivity contribution is -0.145. The average Bonchev–Trinajstić information content (AvgIpc) is 2.25. The maximum atomic E-state index is 11.6. The molecule has 5 heteroatoms. The van der Waals surface area contributed by atoms with Crippen LogP contribution in [0.4, 0.5) is 0 Å². The molecule has 100 valence electrons. The highest BCUT2D eigenvalue weighted by atomic mass is 32.2. The van der Waals surface area contributed by atoms with Gasteiger partial charge >= 0.3 is 5.97 Å². The van der Waals surface area contributed by atoms with E-state index in [4.69, 9.17) is 4.74 Å². The number of ketones is 1. The Bertz CT molecular complexity index is 246. The Morgan fingerprint density at radius 3 is 2.47 bits per heavy atom. The molecule has 1 atom stereocenters.